The molecule has 3 heterocycles. The first-order chi connectivity index (χ1) is 18.3. The zero-order valence-electron chi connectivity index (χ0n) is 20.9. The molecule has 0 radical (unpaired) electrons. The number of amides is 1. The molecule has 194 valence electrons. The smallest absolute Gasteiger partial charge is 0.332 e. The van der Waals surface area contributed by atoms with Gasteiger partial charge in [-0.1, -0.05) is 60.3 Å². The van der Waals surface area contributed by atoms with E-state index >= 15 is 0 Å². The number of methoxy groups -OCH3 is 1. The topological polar surface area (TPSA) is 103 Å². The molecule has 0 atom stereocenters. The van der Waals surface area contributed by atoms with Gasteiger partial charge in [0.05, 0.1) is 12.0 Å². The quantitative estimate of drug-likeness (QED) is 0.278. The third-order valence-corrected chi connectivity index (χ3v) is 7.55. The summed E-state index contributed by atoms with van der Waals surface area (Å²) < 4.78 is 9.72. The van der Waals surface area contributed by atoms with Crippen molar-refractivity contribution in [3.05, 3.63) is 91.5 Å². The van der Waals surface area contributed by atoms with Crippen LogP contribution in [-0.2, 0) is 31.9 Å². The third-order valence-electron chi connectivity index (χ3n) is 6.25. The average Bonchev–Trinajstić information content (AvgIpc) is 3.42. The Morgan fingerprint density at radius 1 is 1.03 bits per heavy atom. The molecule has 10 nitrogen and oxygen atoms in total. The Hall–Kier alpha value is -4.16. The second-order valence-corrected chi connectivity index (χ2v) is 10.2. The van der Waals surface area contributed by atoms with E-state index in [2.05, 4.69) is 10.4 Å². The van der Waals surface area contributed by atoms with Gasteiger partial charge in [-0.2, -0.15) is 9.99 Å². The van der Waals surface area contributed by atoms with E-state index in [-0.39, 0.29) is 27.3 Å². The number of nitrogens with one attached hydrogen (secondary N) is 1. The maximum atomic E-state index is 13.4. The minimum absolute atomic E-state index is 0.212. The first-order valence-corrected chi connectivity index (χ1v) is 12.9. The van der Waals surface area contributed by atoms with Crippen LogP contribution in [0.2, 0.25) is 0 Å². The lowest BCUT2D eigenvalue weighted by Crippen LogP contribution is -2.37. The van der Waals surface area contributed by atoms with Crippen molar-refractivity contribution in [3.8, 4) is 5.75 Å². The van der Waals surface area contributed by atoms with Crippen molar-refractivity contribution in [1.82, 2.24) is 23.7 Å². The molecule has 1 N–H and O–H groups in total. The number of hydrogen-bond acceptors (Lipinski definition) is 8. The molecule has 1 fully saturated rings. The van der Waals surface area contributed by atoms with Crippen LogP contribution in [0.5, 0.6) is 5.75 Å². The summed E-state index contributed by atoms with van der Waals surface area (Å²) in [7, 11) is 4.55. The van der Waals surface area contributed by atoms with E-state index in [0.717, 1.165) is 27.5 Å². The lowest BCUT2D eigenvalue weighted by atomic mass is 10.1. The Morgan fingerprint density at radius 3 is 2.47 bits per heavy atom. The van der Waals surface area contributed by atoms with Gasteiger partial charge in [0.25, 0.3) is 11.5 Å². The molecule has 0 spiro atoms. The van der Waals surface area contributed by atoms with E-state index in [1.54, 1.807) is 24.8 Å². The Balaban J connectivity index is 1.54. The Kier molecular flexibility index (Phi) is 6.91. The van der Waals surface area contributed by atoms with Crippen LogP contribution in [0.15, 0.2) is 69.1 Å². The normalized spacial score (nSPS) is 14.6. The van der Waals surface area contributed by atoms with E-state index in [1.807, 2.05) is 54.6 Å². The van der Waals surface area contributed by atoms with E-state index in [0.29, 0.717) is 23.6 Å². The van der Waals surface area contributed by atoms with E-state index in [4.69, 9.17) is 17.0 Å². The number of carbonyl (C=O) groups is 1. The molecular weight excluding hydrogens is 524 g/mol. The van der Waals surface area contributed by atoms with Gasteiger partial charge in [-0.05, 0) is 36.3 Å². The first kappa shape index (κ1) is 25.5. The predicted octanol–water partition coefficient (Wildman–Crippen LogP) is 2.91. The summed E-state index contributed by atoms with van der Waals surface area (Å²) in [6.45, 7) is 0.377. The van der Waals surface area contributed by atoms with Gasteiger partial charge in [-0.25, -0.2) is 4.79 Å². The molecule has 2 aromatic heterocycles. The molecule has 38 heavy (non-hydrogen) atoms. The van der Waals surface area contributed by atoms with Crippen LogP contribution < -0.4 is 21.4 Å². The predicted molar refractivity (Wildman–Crippen MR) is 152 cm³/mol. The molecule has 1 amide bonds. The lowest BCUT2D eigenvalue weighted by molar-refractivity contribution is -0.121. The zero-order valence-corrected chi connectivity index (χ0v) is 22.5. The minimum Gasteiger partial charge on any atom is -0.496 e. The molecule has 0 aliphatic carbocycles. The van der Waals surface area contributed by atoms with Crippen molar-refractivity contribution >= 4 is 57.4 Å². The number of aromatic nitrogens is 4. The van der Waals surface area contributed by atoms with Crippen molar-refractivity contribution in [2.45, 2.75) is 13.0 Å². The number of para-hydroxylation sites is 1. The summed E-state index contributed by atoms with van der Waals surface area (Å²) in [5, 5.41) is 1.23. The number of thioether (sulfide) groups is 1. The van der Waals surface area contributed by atoms with Gasteiger partial charge < -0.3 is 9.30 Å². The fourth-order valence-corrected chi connectivity index (χ4v) is 5.40. The molecule has 1 saturated heterocycles. The standard InChI is InChI=1S/C26H24N6O4S2/c1-29-21-20(23(34)30(2)25(29)35)31(14-13-16-9-5-4-6-10-16)24(27-21)28-32-22(33)19(38-26(32)37)15-17-11-7-8-12-18(17)36-3/h4-12,15H,13-14H2,1-3H3,(H,27,28)/b19-15-. The van der Waals surface area contributed by atoms with E-state index in [1.165, 1.54) is 16.6 Å². The summed E-state index contributed by atoms with van der Waals surface area (Å²) in [5.41, 5.74) is 4.31. The third kappa shape index (κ3) is 4.52. The van der Waals surface area contributed by atoms with Crippen LogP contribution >= 0.6 is 24.0 Å². The Bertz CT molecular complexity index is 1720. The summed E-state index contributed by atoms with van der Waals surface area (Å²) in [6.07, 6.45) is 2.32. The van der Waals surface area contributed by atoms with Gasteiger partial charge in [0.2, 0.25) is 5.95 Å². The fraction of sp³-hybridized carbons (Fsp3) is 0.192. The largest absolute Gasteiger partial charge is 0.496 e. The SMILES string of the molecule is COc1ccccc1/C=C1\SC(=S)N(Nc2nc3c(c(=O)n(C)c(=O)n3C)n2CCc2ccccc2)C1=O. The summed E-state index contributed by atoms with van der Waals surface area (Å²) >= 11 is 6.65. The van der Waals surface area contributed by atoms with Gasteiger partial charge in [0.15, 0.2) is 15.5 Å². The lowest BCUT2D eigenvalue weighted by Gasteiger charge is -2.17. The van der Waals surface area contributed by atoms with Gasteiger partial charge >= 0.3 is 5.69 Å². The highest BCUT2D eigenvalue weighted by molar-refractivity contribution is 8.26. The van der Waals surface area contributed by atoms with Crippen LogP contribution in [0.25, 0.3) is 17.2 Å². The van der Waals surface area contributed by atoms with Crippen molar-refractivity contribution in [2.24, 2.45) is 14.1 Å². The average molecular weight is 549 g/mol. The number of thiocarbonyl (C=S) groups is 1. The van der Waals surface area contributed by atoms with E-state index < -0.39 is 11.2 Å². The summed E-state index contributed by atoms with van der Waals surface area (Å²) in [5.74, 6) is 0.489. The number of aryl methyl sites for hydroxylation is 3. The van der Waals surface area contributed by atoms with Crippen molar-refractivity contribution in [1.29, 1.82) is 0 Å². The van der Waals surface area contributed by atoms with Crippen LogP contribution in [0, 0.1) is 0 Å². The maximum Gasteiger partial charge on any atom is 0.332 e. The number of anilines is 1. The number of carbonyl (C=O) groups excluding carboxylic acids is 1. The molecular formula is C26H24N6O4S2. The molecule has 4 aromatic rings. The van der Waals surface area contributed by atoms with Crippen molar-refractivity contribution in [3.63, 3.8) is 0 Å². The maximum absolute atomic E-state index is 13.4. The number of benzene rings is 2. The minimum atomic E-state index is -0.493. The fourth-order valence-electron chi connectivity index (χ4n) is 4.23. The summed E-state index contributed by atoms with van der Waals surface area (Å²) in [4.78, 5) is 44.0. The van der Waals surface area contributed by atoms with E-state index in [9.17, 15) is 14.4 Å². The number of rotatable bonds is 7. The molecule has 12 heteroatoms. The van der Waals surface area contributed by atoms with Gasteiger partial charge in [0, 0.05) is 26.2 Å². The highest BCUT2D eigenvalue weighted by atomic mass is 32.2. The number of fused-ring (bicyclic) bond motifs is 1. The van der Waals surface area contributed by atoms with Crippen LogP contribution in [0.1, 0.15) is 11.1 Å². The monoisotopic (exact) mass is 548 g/mol. The zero-order chi connectivity index (χ0) is 27.0. The van der Waals surface area contributed by atoms with Crippen molar-refractivity contribution < 1.29 is 9.53 Å². The molecule has 2 aromatic carbocycles. The number of nitrogens with zero attached hydrogens (tertiary/aromatic N) is 5. The highest BCUT2D eigenvalue weighted by Crippen LogP contribution is 2.34. The van der Waals surface area contributed by atoms with Gasteiger partial charge in [0.1, 0.15) is 5.75 Å². The number of hydrogen-bond donors (Lipinski definition) is 1. The highest BCUT2D eigenvalue weighted by Gasteiger charge is 2.34. The van der Waals surface area contributed by atoms with Gasteiger partial charge in [-0.15, -0.1) is 0 Å². The Morgan fingerprint density at radius 2 is 1.74 bits per heavy atom. The number of imidazole rings is 1. The second kappa shape index (κ2) is 10.3. The number of hydrazine groups is 1. The number of ether oxygens (including phenoxy) is 1. The molecule has 0 bridgehead atoms. The van der Waals surface area contributed by atoms with Crippen LogP contribution in [0.4, 0.5) is 5.95 Å². The molecule has 1 aliphatic rings. The first-order valence-electron chi connectivity index (χ1n) is 11.7. The molecule has 1 aliphatic heterocycles. The molecule has 0 unspecified atom stereocenters. The van der Waals surface area contributed by atoms with Crippen molar-refractivity contribution in [2.75, 3.05) is 12.5 Å². The summed E-state index contributed by atoms with van der Waals surface area (Å²) in [6, 6.07) is 17.2. The van der Waals surface area contributed by atoms with Gasteiger partial charge in [-0.3, -0.25) is 24.1 Å². The van der Waals surface area contributed by atoms with Crippen LogP contribution in [-0.4, -0.2) is 41.0 Å². The molecule has 5 rings (SSSR count). The van der Waals surface area contributed by atoms with Crippen LogP contribution in [0.3, 0.4) is 0 Å². The Labute approximate surface area is 227 Å². The second-order valence-electron chi connectivity index (χ2n) is 8.57. The molecule has 0 saturated carbocycles.